The average Bonchev–Trinajstić information content (AvgIpc) is 3.22. The summed E-state index contributed by atoms with van der Waals surface area (Å²) in [4.78, 5) is 32.3. The summed E-state index contributed by atoms with van der Waals surface area (Å²) in [6.07, 6.45) is 1.70. The standard InChI is InChI=1S/C24H22N4O3S/c1-14-6-7-18(27-23(29)15-4-3-5-20(32)10-15)9-17(14)12-25-19-8-16-11-21(24(30)31-2)28-22(16)26-13-19/h3-11,13,25,32H,12H2,1-2H3,(H,26,28)(H,27,29). The summed E-state index contributed by atoms with van der Waals surface area (Å²) >= 11 is 4.29. The molecule has 0 saturated heterocycles. The van der Waals surface area contributed by atoms with E-state index in [1.165, 1.54) is 7.11 Å². The fourth-order valence-corrected chi connectivity index (χ4v) is 3.54. The molecular weight excluding hydrogens is 424 g/mol. The van der Waals surface area contributed by atoms with Crippen LogP contribution in [0.1, 0.15) is 32.0 Å². The average molecular weight is 447 g/mol. The Balaban J connectivity index is 1.47. The van der Waals surface area contributed by atoms with Crippen molar-refractivity contribution < 1.29 is 14.3 Å². The Hall–Kier alpha value is -3.78. The van der Waals surface area contributed by atoms with E-state index in [1.54, 1.807) is 30.5 Å². The molecule has 3 N–H and O–H groups in total. The fourth-order valence-electron chi connectivity index (χ4n) is 3.32. The molecule has 0 aliphatic carbocycles. The van der Waals surface area contributed by atoms with Crippen molar-refractivity contribution >= 4 is 46.9 Å². The van der Waals surface area contributed by atoms with Crippen molar-refractivity contribution in [2.45, 2.75) is 18.4 Å². The minimum Gasteiger partial charge on any atom is -0.464 e. The number of methoxy groups -OCH3 is 1. The smallest absolute Gasteiger partial charge is 0.354 e. The van der Waals surface area contributed by atoms with Gasteiger partial charge in [0, 0.05) is 28.1 Å². The van der Waals surface area contributed by atoms with Crippen LogP contribution in [0.25, 0.3) is 11.0 Å². The number of aromatic amines is 1. The van der Waals surface area contributed by atoms with E-state index in [0.29, 0.717) is 29.1 Å². The van der Waals surface area contributed by atoms with Crippen LogP contribution >= 0.6 is 12.6 Å². The predicted molar refractivity (Wildman–Crippen MR) is 128 cm³/mol. The number of rotatable bonds is 6. The van der Waals surface area contributed by atoms with Crippen LogP contribution in [0.15, 0.2) is 65.7 Å². The largest absolute Gasteiger partial charge is 0.464 e. The van der Waals surface area contributed by atoms with Crippen LogP contribution in [0.4, 0.5) is 11.4 Å². The van der Waals surface area contributed by atoms with Crippen molar-refractivity contribution in [1.29, 1.82) is 0 Å². The van der Waals surface area contributed by atoms with Gasteiger partial charge in [-0.25, -0.2) is 9.78 Å². The first-order valence-corrected chi connectivity index (χ1v) is 10.4. The van der Waals surface area contributed by atoms with E-state index in [4.69, 9.17) is 4.74 Å². The maximum atomic E-state index is 12.5. The molecular formula is C24H22N4O3S. The van der Waals surface area contributed by atoms with Gasteiger partial charge in [0.25, 0.3) is 5.91 Å². The molecule has 162 valence electrons. The Kier molecular flexibility index (Phi) is 6.13. The molecule has 0 atom stereocenters. The number of nitrogens with zero attached hydrogens (tertiary/aromatic N) is 1. The van der Waals surface area contributed by atoms with E-state index in [-0.39, 0.29) is 5.91 Å². The number of esters is 1. The van der Waals surface area contributed by atoms with Crippen LogP contribution in [-0.4, -0.2) is 29.0 Å². The number of hydrogen-bond donors (Lipinski definition) is 4. The summed E-state index contributed by atoms with van der Waals surface area (Å²) in [5, 5.41) is 7.09. The minimum absolute atomic E-state index is 0.188. The second kappa shape index (κ2) is 9.15. The second-order valence-corrected chi connectivity index (χ2v) is 7.85. The molecule has 0 spiro atoms. The van der Waals surface area contributed by atoms with Crippen molar-refractivity contribution in [3.8, 4) is 0 Å². The van der Waals surface area contributed by atoms with Gasteiger partial charge in [0.05, 0.1) is 19.0 Å². The monoisotopic (exact) mass is 446 g/mol. The van der Waals surface area contributed by atoms with Gasteiger partial charge in [-0.2, -0.15) is 0 Å². The van der Waals surface area contributed by atoms with Crippen molar-refractivity contribution in [3.05, 3.63) is 83.2 Å². The Labute approximate surface area is 190 Å². The third-order valence-corrected chi connectivity index (χ3v) is 5.35. The number of aromatic nitrogens is 2. The highest BCUT2D eigenvalue weighted by atomic mass is 32.1. The first kappa shape index (κ1) is 21.5. The number of ether oxygens (including phenoxy) is 1. The van der Waals surface area contributed by atoms with E-state index >= 15 is 0 Å². The van der Waals surface area contributed by atoms with Gasteiger partial charge in [-0.05, 0) is 60.5 Å². The summed E-state index contributed by atoms with van der Waals surface area (Å²) in [6.45, 7) is 2.56. The van der Waals surface area contributed by atoms with E-state index in [0.717, 1.165) is 27.1 Å². The van der Waals surface area contributed by atoms with E-state index < -0.39 is 5.97 Å². The van der Waals surface area contributed by atoms with E-state index in [1.807, 2.05) is 37.3 Å². The van der Waals surface area contributed by atoms with Crippen LogP contribution in [0, 0.1) is 6.92 Å². The molecule has 32 heavy (non-hydrogen) atoms. The maximum Gasteiger partial charge on any atom is 0.354 e. The molecule has 2 aromatic carbocycles. The van der Waals surface area contributed by atoms with Gasteiger partial charge in [-0.15, -0.1) is 12.6 Å². The van der Waals surface area contributed by atoms with E-state index in [2.05, 4.69) is 33.2 Å². The molecule has 0 radical (unpaired) electrons. The lowest BCUT2D eigenvalue weighted by Crippen LogP contribution is -2.12. The number of anilines is 2. The minimum atomic E-state index is -0.437. The summed E-state index contributed by atoms with van der Waals surface area (Å²) in [5.74, 6) is -0.625. The number of benzene rings is 2. The second-order valence-electron chi connectivity index (χ2n) is 7.34. The number of hydrogen-bond acceptors (Lipinski definition) is 6. The molecule has 4 aromatic rings. The van der Waals surface area contributed by atoms with Crippen molar-refractivity contribution in [3.63, 3.8) is 0 Å². The van der Waals surface area contributed by atoms with Crippen LogP contribution in [0.5, 0.6) is 0 Å². The van der Waals surface area contributed by atoms with Gasteiger partial charge in [-0.1, -0.05) is 12.1 Å². The molecule has 4 rings (SSSR count). The molecule has 2 heterocycles. The lowest BCUT2D eigenvalue weighted by molar-refractivity contribution is 0.0595. The number of pyridine rings is 1. The maximum absolute atomic E-state index is 12.5. The van der Waals surface area contributed by atoms with Gasteiger partial charge in [0.2, 0.25) is 0 Å². The summed E-state index contributed by atoms with van der Waals surface area (Å²) in [7, 11) is 1.34. The van der Waals surface area contributed by atoms with E-state index in [9.17, 15) is 9.59 Å². The number of carbonyl (C=O) groups excluding carboxylic acids is 2. The molecule has 0 unspecified atom stereocenters. The van der Waals surface area contributed by atoms with Gasteiger partial charge >= 0.3 is 5.97 Å². The summed E-state index contributed by atoms with van der Waals surface area (Å²) < 4.78 is 4.74. The van der Waals surface area contributed by atoms with Gasteiger partial charge in [0.1, 0.15) is 11.3 Å². The number of amides is 1. The summed E-state index contributed by atoms with van der Waals surface area (Å²) in [6, 6.07) is 16.5. The normalized spacial score (nSPS) is 10.7. The van der Waals surface area contributed by atoms with Crippen LogP contribution in [0.2, 0.25) is 0 Å². The zero-order chi connectivity index (χ0) is 22.7. The Bertz CT molecular complexity index is 1320. The zero-order valence-corrected chi connectivity index (χ0v) is 18.5. The number of thiol groups is 1. The lowest BCUT2D eigenvalue weighted by Gasteiger charge is -2.12. The first-order chi connectivity index (χ1) is 15.4. The van der Waals surface area contributed by atoms with Crippen molar-refractivity contribution in [2.75, 3.05) is 17.7 Å². The molecule has 0 aliphatic heterocycles. The van der Waals surface area contributed by atoms with Gasteiger partial charge in [-0.3, -0.25) is 4.79 Å². The van der Waals surface area contributed by atoms with Crippen LogP contribution in [-0.2, 0) is 11.3 Å². The van der Waals surface area contributed by atoms with Crippen molar-refractivity contribution in [2.24, 2.45) is 0 Å². The van der Waals surface area contributed by atoms with Crippen LogP contribution in [0.3, 0.4) is 0 Å². The Morgan fingerprint density at radius 3 is 2.72 bits per heavy atom. The fraction of sp³-hybridized carbons (Fsp3) is 0.125. The predicted octanol–water partition coefficient (Wildman–Crippen LogP) is 4.81. The van der Waals surface area contributed by atoms with Crippen LogP contribution < -0.4 is 10.6 Å². The highest BCUT2D eigenvalue weighted by Gasteiger charge is 2.11. The molecule has 0 bridgehead atoms. The number of aryl methyl sites for hydroxylation is 1. The Morgan fingerprint density at radius 2 is 1.94 bits per heavy atom. The quantitative estimate of drug-likeness (QED) is 0.252. The lowest BCUT2D eigenvalue weighted by atomic mass is 10.1. The molecule has 7 nitrogen and oxygen atoms in total. The molecule has 1 amide bonds. The third kappa shape index (κ3) is 4.76. The Morgan fingerprint density at radius 1 is 1.09 bits per heavy atom. The molecule has 0 saturated carbocycles. The molecule has 0 fully saturated rings. The number of fused-ring (bicyclic) bond motifs is 1. The number of nitrogens with one attached hydrogen (secondary N) is 3. The van der Waals surface area contributed by atoms with Gasteiger partial charge < -0.3 is 20.4 Å². The SMILES string of the molecule is COC(=O)c1cc2cc(NCc3cc(NC(=O)c4cccc(S)c4)ccc3C)cnc2[nH]1. The zero-order valence-electron chi connectivity index (χ0n) is 17.6. The highest BCUT2D eigenvalue weighted by molar-refractivity contribution is 7.80. The molecule has 0 aliphatic rings. The highest BCUT2D eigenvalue weighted by Crippen LogP contribution is 2.21. The molecule has 8 heteroatoms. The van der Waals surface area contributed by atoms with Crippen molar-refractivity contribution in [1.82, 2.24) is 9.97 Å². The van der Waals surface area contributed by atoms with Gasteiger partial charge in [0.15, 0.2) is 0 Å². The number of H-pyrrole nitrogens is 1. The summed E-state index contributed by atoms with van der Waals surface area (Å²) in [5.41, 5.74) is 5.18. The molecule has 2 aromatic heterocycles. The number of carbonyl (C=O) groups is 2. The first-order valence-electron chi connectivity index (χ1n) is 9.94. The topological polar surface area (TPSA) is 96.1 Å². The third-order valence-electron chi connectivity index (χ3n) is 5.07.